The Labute approximate surface area is 215 Å². The lowest BCUT2D eigenvalue weighted by atomic mass is 10.1. The van der Waals surface area contributed by atoms with E-state index in [4.69, 9.17) is 30.0 Å². The number of aliphatic hydroxyl groups is 1. The standard InChI is InChI=1S/C19H16F6N2O2.C4H10OS.CH4O/c20-18(21,22)16(26)12-2-6-14(7-3-12)28-10-1-11-29-15-8-4-13(5-9-15)17(27)19(23,24)25;1-2-3-4-6-5;1-2/h2-9,26-27H,1,10-11H2;5H,2-4H2,1H3;2H,1H3. The molecule has 2 aromatic rings. The summed E-state index contributed by atoms with van der Waals surface area (Å²) in [5, 5.41) is 21.1. The zero-order chi connectivity index (χ0) is 28.5. The molecule has 0 amide bonds. The molecule has 0 radical (unpaired) electrons. The third kappa shape index (κ3) is 13.9. The van der Waals surface area contributed by atoms with Gasteiger partial charge < -0.3 is 19.1 Å². The Balaban J connectivity index is 0.00000142. The molecular formula is C24H30F6N2O4S. The molecule has 0 saturated heterocycles. The molecule has 0 unspecified atom stereocenters. The van der Waals surface area contributed by atoms with E-state index < -0.39 is 23.8 Å². The molecule has 0 fully saturated rings. The van der Waals surface area contributed by atoms with Crippen LogP contribution in [0.25, 0.3) is 0 Å². The Bertz CT molecular complexity index is 845. The van der Waals surface area contributed by atoms with Gasteiger partial charge in [-0.25, -0.2) is 0 Å². The number of alkyl halides is 6. The normalized spacial score (nSPS) is 10.9. The van der Waals surface area contributed by atoms with Crippen LogP contribution in [0.5, 0.6) is 11.5 Å². The molecule has 13 heteroatoms. The number of halogens is 6. The van der Waals surface area contributed by atoms with Gasteiger partial charge in [0.2, 0.25) is 0 Å². The summed E-state index contributed by atoms with van der Waals surface area (Å²) in [7, 11) is 1.00. The Morgan fingerprint density at radius 2 is 1.08 bits per heavy atom. The van der Waals surface area contributed by atoms with Crippen LogP contribution in [0.15, 0.2) is 48.5 Å². The van der Waals surface area contributed by atoms with E-state index >= 15 is 0 Å². The van der Waals surface area contributed by atoms with Crippen molar-refractivity contribution in [3.05, 3.63) is 59.7 Å². The van der Waals surface area contributed by atoms with E-state index in [2.05, 4.69) is 6.92 Å². The van der Waals surface area contributed by atoms with E-state index in [1.807, 2.05) is 0 Å². The number of hydrogen-bond donors (Lipinski definition) is 4. The minimum Gasteiger partial charge on any atom is -0.493 e. The van der Waals surface area contributed by atoms with Gasteiger partial charge in [0, 0.05) is 30.4 Å². The highest BCUT2D eigenvalue weighted by molar-refractivity contribution is 7.93. The molecule has 0 heterocycles. The maximum absolute atomic E-state index is 12.4. The van der Waals surface area contributed by atoms with Crippen molar-refractivity contribution < 1.29 is 45.5 Å². The summed E-state index contributed by atoms with van der Waals surface area (Å²) in [5.41, 5.74) is -3.41. The van der Waals surface area contributed by atoms with Crippen molar-refractivity contribution in [2.24, 2.45) is 0 Å². The molecule has 0 aromatic heterocycles. The summed E-state index contributed by atoms with van der Waals surface area (Å²) < 4.78 is 93.5. The molecule has 0 atom stereocenters. The van der Waals surface area contributed by atoms with Crippen LogP contribution in [-0.2, 0) is 0 Å². The molecule has 0 bridgehead atoms. The van der Waals surface area contributed by atoms with Crippen LogP contribution in [0.2, 0.25) is 0 Å². The zero-order valence-corrected chi connectivity index (χ0v) is 21.1. The van der Waals surface area contributed by atoms with E-state index in [0.717, 1.165) is 55.6 Å². The third-order valence-electron chi connectivity index (χ3n) is 4.27. The van der Waals surface area contributed by atoms with Crippen LogP contribution >= 0.6 is 12.0 Å². The van der Waals surface area contributed by atoms with Crippen LogP contribution in [-0.4, -0.2) is 59.5 Å². The van der Waals surface area contributed by atoms with Crippen LogP contribution in [0, 0.1) is 10.8 Å². The minimum absolute atomic E-state index is 0.201. The monoisotopic (exact) mass is 556 g/mol. The van der Waals surface area contributed by atoms with E-state index in [1.165, 1.54) is 30.7 Å². The van der Waals surface area contributed by atoms with Gasteiger partial charge in [-0.15, -0.1) is 0 Å². The first-order valence-electron chi connectivity index (χ1n) is 10.9. The van der Waals surface area contributed by atoms with Crippen LogP contribution in [0.4, 0.5) is 26.3 Å². The first kappa shape index (κ1) is 34.2. The van der Waals surface area contributed by atoms with Gasteiger partial charge in [-0.2, -0.15) is 26.3 Å². The number of rotatable bonds is 11. The Morgan fingerprint density at radius 3 is 1.32 bits per heavy atom. The van der Waals surface area contributed by atoms with E-state index in [1.54, 1.807) is 0 Å². The lowest BCUT2D eigenvalue weighted by Gasteiger charge is -2.11. The van der Waals surface area contributed by atoms with Gasteiger partial charge in [-0.3, -0.25) is 10.8 Å². The zero-order valence-electron chi connectivity index (χ0n) is 20.2. The van der Waals surface area contributed by atoms with Gasteiger partial charge >= 0.3 is 12.4 Å². The highest BCUT2D eigenvalue weighted by Gasteiger charge is 2.35. The predicted octanol–water partition coefficient (Wildman–Crippen LogP) is 7.00. The summed E-state index contributed by atoms with van der Waals surface area (Å²) in [5.74, 6) is 1.55. The van der Waals surface area contributed by atoms with E-state index in [-0.39, 0.29) is 24.3 Å². The average molecular weight is 557 g/mol. The summed E-state index contributed by atoms with van der Waals surface area (Å²) in [4.78, 5) is 0. The van der Waals surface area contributed by atoms with Gasteiger partial charge in [0.05, 0.1) is 13.2 Å². The Morgan fingerprint density at radius 1 is 0.730 bits per heavy atom. The van der Waals surface area contributed by atoms with Gasteiger partial charge in [0.1, 0.15) is 22.9 Å². The fraction of sp³-hybridized carbons (Fsp3) is 0.417. The summed E-state index contributed by atoms with van der Waals surface area (Å²) in [6.45, 7) is 2.51. The third-order valence-corrected chi connectivity index (χ3v) is 4.74. The van der Waals surface area contributed by atoms with Crippen LogP contribution in [0.3, 0.4) is 0 Å². The van der Waals surface area contributed by atoms with Crippen LogP contribution < -0.4 is 9.47 Å². The van der Waals surface area contributed by atoms with Crippen molar-refractivity contribution >= 4 is 23.5 Å². The van der Waals surface area contributed by atoms with Gasteiger partial charge in [0.25, 0.3) is 0 Å². The second-order valence-electron chi connectivity index (χ2n) is 7.03. The SMILES string of the molecule is CCCCSO.CO.N=C(c1ccc(OCCCOc2ccc(C(=N)C(F)(F)F)cc2)cc1)C(F)(F)F. The fourth-order valence-corrected chi connectivity index (χ4v) is 2.83. The molecule has 0 aliphatic heterocycles. The Hall–Kier alpha value is -2.77. The van der Waals surface area contributed by atoms with Crippen molar-refractivity contribution in [3.63, 3.8) is 0 Å². The number of unbranched alkanes of at least 4 members (excludes halogenated alkanes) is 1. The molecule has 2 rings (SSSR count). The summed E-state index contributed by atoms with van der Waals surface area (Å²) >= 11 is 0.926. The Kier molecular flexibility index (Phi) is 16.3. The number of hydrogen-bond acceptors (Lipinski definition) is 7. The van der Waals surface area contributed by atoms with Crippen molar-refractivity contribution in [2.45, 2.75) is 38.5 Å². The number of nitrogens with one attached hydrogen (secondary N) is 2. The molecule has 0 saturated carbocycles. The van der Waals surface area contributed by atoms with Crippen LogP contribution in [0.1, 0.15) is 37.3 Å². The number of aliphatic hydroxyl groups excluding tert-OH is 1. The highest BCUT2D eigenvalue weighted by Crippen LogP contribution is 2.24. The maximum atomic E-state index is 12.4. The van der Waals surface area contributed by atoms with Crippen molar-refractivity contribution in [2.75, 3.05) is 26.1 Å². The molecular weight excluding hydrogens is 526 g/mol. The summed E-state index contributed by atoms with van der Waals surface area (Å²) in [6.07, 6.45) is -6.72. The molecule has 0 spiro atoms. The van der Waals surface area contributed by atoms with E-state index in [9.17, 15) is 26.3 Å². The highest BCUT2D eigenvalue weighted by atomic mass is 32.2. The topological polar surface area (TPSA) is 107 Å². The molecule has 208 valence electrons. The molecule has 37 heavy (non-hydrogen) atoms. The van der Waals surface area contributed by atoms with Crippen molar-refractivity contribution in [1.82, 2.24) is 0 Å². The molecule has 6 nitrogen and oxygen atoms in total. The molecule has 4 N–H and O–H groups in total. The van der Waals surface area contributed by atoms with Gasteiger partial charge in [-0.1, -0.05) is 13.3 Å². The average Bonchev–Trinajstić information content (AvgIpc) is 2.87. The quantitative estimate of drug-likeness (QED) is 0.103. The van der Waals surface area contributed by atoms with Crippen molar-refractivity contribution in [1.29, 1.82) is 10.8 Å². The lowest BCUT2D eigenvalue weighted by Crippen LogP contribution is -2.22. The number of benzene rings is 2. The first-order chi connectivity index (χ1) is 17.4. The summed E-state index contributed by atoms with van der Waals surface area (Å²) in [6, 6.07) is 9.86. The predicted molar refractivity (Wildman–Crippen MR) is 132 cm³/mol. The smallest absolute Gasteiger partial charge is 0.433 e. The van der Waals surface area contributed by atoms with E-state index in [0.29, 0.717) is 17.9 Å². The van der Waals surface area contributed by atoms with Gasteiger partial charge in [0.15, 0.2) is 0 Å². The first-order valence-corrected chi connectivity index (χ1v) is 11.8. The molecule has 2 aromatic carbocycles. The minimum atomic E-state index is -4.72. The fourth-order valence-electron chi connectivity index (χ4n) is 2.41. The molecule has 0 aliphatic rings. The second kappa shape index (κ2) is 17.6. The molecule has 0 aliphatic carbocycles. The maximum Gasteiger partial charge on any atom is 0.433 e. The second-order valence-corrected chi connectivity index (χ2v) is 7.70. The van der Waals surface area contributed by atoms with Crippen molar-refractivity contribution in [3.8, 4) is 11.5 Å². The lowest BCUT2D eigenvalue weighted by molar-refractivity contribution is -0.0596. The van der Waals surface area contributed by atoms with Gasteiger partial charge in [-0.05, 0) is 67.0 Å². The largest absolute Gasteiger partial charge is 0.493 e. The number of ether oxygens (including phenoxy) is 2.